The lowest BCUT2D eigenvalue weighted by molar-refractivity contribution is -0.158. The van der Waals surface area contributed by atoms with Crippen LogP contribution in [-0.4, -0.2) is 55.8 Å². The lowest BCUT2D eigenvalue weighted by atomic mass is 10.2. The molecule has 0 saturated heterocycles. The summed E-state index contributed by atoms with van der Waals surface area (Å²) in [5, 5.41) is 8.44. The van der Waals surface area contributed by atoms with Crippen molar-refractivity contribution < 1.29 is 24.1 Å². The Morgan fingerprint density at radius 1 is 1.24 bits per heavy atom. The average molecular weight is 249 g/mol. The van der Waals surface area contributed by atoms with Crippen LogP contribution in [0.3, 0.4) is 0 Å². The summed E-state index contributed by atoms with van der Waals surface area (Å²) in [6, 6.07) is -0.785. The number of hydrogen-bond acceptors (Lipinski definition) is 6. The Balaban J connectivity index is 3.58. The largest absolute Gasteiger partial charge is 0.459 e. The Morgan fingerprint density at radius 2 is 1.82 bits per heavy atom. The summed E-state index contributed by atoms with van der Waals surface area (Å²) in [6.07, 6.45) is 0. The van der Waals surface area contributed by atoms with Crippen molar-refractivity contribution in [2.75, 3.05) is 33.0 Å². The van der Waals surface area contributed by atoms with E-state index in [1.54, 1.807) is 20.8 Å². The third kappa shape index (κ3) is 10.2. The predicted octanol–water partition coefficient (Wildman–Crippen LogP) is -0.319. The molecule has 6 heteroatoms. The Labute approximate surface area is 102 Å². The number of aliphatic hydroxyl groups excluding tert-OH is 1. The van der Waals surface area contributed by atoms with Crippen LogP contribution < -0.4 is 5.73 Å². The van der Waals surface area contributed by atoms with Crippen LogP contribution in [0.5, 0.6) is 0 Å². The van der Waals surface area contributed by atoms with Crippen molar-refractivity contribution in [2.45, 2.75) is 32.4 Å². The number of carbonyl (C=O) groups excluding carboxylic acids is 1. The van der Waals surface area contributed by atoms with Gasteiger partial charge in [-0.25, -0.2) is 0 Å². The van der Waals surface area contributed by atoms with Crippen molar-refractivity contribution >= 4 is 5.97 Å². The summed E-state index contributed by atoms with van der Waals surface area (Å²) >= 11 is 0. The zero-order valence-corrected chi connectivity index (χ0v) is 10.8. The second kappa shape index (κ2) is 8.41. The van der Waals surface area contributed by atoms with E-state index in [0.29, 0.717) is 13.2 Å². The van der Waals surface area contributed by atoms with E-state index < -0.39 is 17.6 Å². The molecule has 0 aromatic heterocycles. The van der Waals surface area contributed by atoms with Crippen LogP contribution in [-0.2, 0) is 19.0 Å². The maximum absolute atomic E-state index is 11.4. The summed E-state index contributed by atoms with van der Waals surface area (Å²) in [6.45, 7) is 6.39. The van der Waals surface area contributed by atoms with Gasteiger partial charge in [0.15, 0.2) is 0 Å². The van der Waals surface area contributed by atoms with E-state index in [2.05, 4.69) is 0 Å². The zero-order chi connectivity index (χ0) is 13.3. The number of rotatable bonds is 8. The van der Waals surface area contributed by atoms with Gasteiger partial charge in [-0.2, -0.15) is 0 Å². The molecule has 6 nitrogen and oxygen atoms in total. The summed E-state index contributed by atoms with van der Waals surface area (Å²) in [4.78, 5) is 11.4. The van der Waals surface area contributed by atoms with Gasteiger partial charge in [0.05, 0.1) is 33.0 Å². The summed E-state index contributed by atoms with van der Waals surface area (Å²) in [7, 11) is 0. The molecule has 0 aromatic rings. The van der Waals surface area contributed by atoms with E-state index >= 15 is 0 Å². The SMILES string of the molecule is CC(C)(C)OC(=O)C(N)COCCOCCO. The minimum atomic E-state index is -0.785. The number of aliphatic hydroxyl groups is 1. The van der Waals surface area contributed by atoms with Crippen molar-refractivity contribution in [2.24, 2.45) is 5.73 Å². The summed E-state index contributed by atoms with van der Waals surface area (Å²) in [5.74, 6) is -0.478. The van der Waals surface area contributed by atoms with Crippen molar-refractivity contribution in [1.29, 1.82) is 0 Å². The first-order valence-corrected chi connectivity index (χ1v) is 5.61. The second-order valence-electron chi connectivity index (χ2n) is 4.55. The number of nitrogens with two attached hydrogens (primary N) is 1. The zero-order valence-electron chi connectivity index (χ0n) is 10.8. The Morgan fingerprint density at radius 3 is 2.35 bits per heavy atom. The van der Waals surface area contributed by atoms with E-state index in [4.69, 9.17) is 25.1 Å². The minimum Gasteiger partial charge on any atom is -0.459 e. The van der Waals surface area contributed by atoms with Gasteiger partial charge in [0.25, 0.3) is 0 Å². The summed E-state index contributed by atoms with van der Waals surface area (Å²) < 4.78 is 15.2. The van der Waals surface area contributed by atoms with Crippen LogP contribution in [0.25, 0.3) is 0 Å². The highest BCUT2D eigenvalue weighted by Crippen LogP contribution is 2.07. The fraction of sp³-hybridized carbons (Fsp3) is 0.909. The molecule has 0 aliphatic heterocycles. The molecular formula is C11H23NO5. The lowest BCUT2D eigenvalue weighted by Crippen LogP contribution is -2.40. The van der Waals surface area contributed by atoms with Crippen molar-refractivity contribution in [3.05, 3.63) is 0 Å². The number of hydrogen-bond donors (Lipinski definition) is 2. The molecule has 0 aliphatic rings. The highest BCUT2D eigenvalue weighted by atomic mass is 16.6. The third-order valence-corrected chi connectivity index (χ3v) is 1.61. The minimum absolute atomic E-state index is 0.0164. The highest BCUT2D eigenvalue weighted by Gasteiger charge is 2.21. The molecule has 1 unspecified atom stereocenters. The van der Waals surface area contributed by atoms with E-state index in [0.717, 1.165) is 0 Å². The Kier molecular flexibility index (Phi) is 8.07. The van der Waals surface area contributed by atoms with Gasteiger partial charge in [-0.05, 0) is 20.8 Å². The molecule has 0 radical (unpaired) electrons. The molecule has 0 bridgehead atoms. The standard InChI is InChI=1S/C11H23NO5/c1-11(2,3)17-10(14)9(12)8-16-7-6-15-5-4-13/h9,13H,4-8,12H2,1-3H3. The molecule has 1 atom stereocenters. The topological polar surface area (TPSA) is 91.0 Å². The van der Waals surface area contributed by atoms with Gasteiger partial charge in [0.1, 0.15) is 11.6 Å². The normalized spacial score (nSPS) is 13.5. The first kappa shape index (κ1) is 16.3. The van der Waals surface area contributed by atoms with Crippen molar-refractivity contribution in [3.63, 3.8) is 0 Å². The molecule has 0 spiro atoms. The average Bonchev–Trinajstić information content (AvgIpc) is 2.20. The highest BCUT2D eigenvalue weighted by molar-refractivity contribution is 5.76. The third-order valence-electron chi connectivity index (χ3n) is 1.61. The van der Waals surface area contributed by atoms with E-state index in [1.807, 2.05) is 0 Å². The number of esters is 1. The molecule has 102 valence electrons. The maximum atomic E-state index is 11.4. The van der Waals surface area contributed by atoms with Gasteiger partial charge in [-0.1, -0.05) is 0 Å². The molecule has 0 amide bonds. The van der Waals surface area contributed by atoms with Gasteiger partial charge >= 0.3 is 5.97 Å². The first-order valence-electron chi connectivity index (χ1n) is 5.61. The van der Waals surface area contributed by atoms with E-state index in [-0.39, 0.29) is 19.8 Å². The fourth-order valence-corrected chi connectivity index (χ4v) is 0.940. The number of ether oxygens (including phenoxy) is 3. The molecule has 0 rings (SSSR count). The Bertz CT molecular complexity index is 214. The van der Waals surface area contributed by atoms with Crippen molar-refractivity contribution in [1.82, 2.24) is 0 Å². The van der Waals surface area contributed by atoms with Crippen LogP contribution in [0.15, 0.2) is 0 Å². The molecule has 0 heterocycles. The van der Waals surface area contributed by atoms with Gasteiger partial charge in [0, 0.05) is 0 Å². The predicted molar refractivity (Wildman–Crippen MR) is 62.5 cm³/mol. The maximum Gasteiger partial charge on any atom is 0.325 e. The second-order valence-corrected chi connectivity index (χ2v) is 4.55. The van der Waals surface area contributed by atoms with Crippen LogP contribution in [0.2, 0.25) is 0 Å². The molecule has 0 aromatic carbocycles. The fourth-order valence-electron chi connectivity index (χ4n) is 0.940. The molecule has 0 aliphatic carbocycles. The lowest BCUT2D eigenvalue weighted by Gasteiger charge is -2.22. The van der Waals surface area contributed by atoms with Gasteiger partial charge in [-0.15, -0.1) is 0 Å². The molecule has 3 N–H and O–H groups in total. The molecule has 17 heavy (non-hydrogen) atoms. The smallest absolute Gasteiger partial charge is 0.325 e. The molecule has 0 fully saturated rings. The van der Waals surface area contributed by atoms with Gasteiger partial charge < -0.3 is 25.1 Å². The van der Waals surface area contributed by atoms with Crippen LogP contribution in [0.1, 0.15) is 20.8 Å². The van der Waals surface area contributed by atoms with E-state index in [1.165, 1.54) is 0 Å². The van der Waals surface area contributed by atoms with Gasteiger partial charge in [0.2, 0.25) is 0 Å². The van der Waals surface area contributed by atoms with Crippen LogP contribution in [0, 0.1) is 0 Å². The number of carbonyl (C=O) groups is 1. The van der Waals surface area contributed by atoms with Crippen molar-refractivity contribution in [3.8, 4) is 0 Å². The van der Waals surface area contributed by atoms with Crippen LogP contribution in [0.4, 0.5) is 0 Å². The van der Waals surface area contributed by atoms with Crippen LogP contribution >= 0.6 is 0 Å². The van der Waals surface area contributed by atoms with E-state index in [9.17, 15) is 4.79 Å². The van der Waals surface area contributed by atoms with Gasteiger partial charge in [-0.3, -0.25) is 4.79 Å². The molecule has 0 saturated carbocycles. The quantitative estimate of drug-likeness (QED) is 0.452. The first-order chi connectivity index (χ1) is 7.87. The Hall–Kier alpha value is -0.690. The molecular weight excluding hydrogens is 226 g/mol. The summed E-state index contributed by atoms with van der Waals surface area (Å²) in [5.41, 5.74) is 5.04. The monoisotopic (exact) mass is 249 g/mol.